The van der Waals surface area contributed by atoms with Crippen molar-refractivity contribution < 1.29 is 23.0 Å². The van der Waals surface area contributed by atoms with Crippen LogP contribution in [0.25, 0.3) is 5.65 Å². The first kappa shape index (κ1) is 19.4. The highest BCUT2D eigenvalue weighted by Crippen LogP contribution is 2.31. The Balaban J connectivity index is 1.51. The van der Waals surface area contributed by atoms with E-state index in [1.165, 1.54) is 7.11 Å². The minimum Gasteiger partial charge on any atom is -0.493 e. The summed E-state index contributed by atoms with van der Waals surface area (Å²) < 4.78 is 39.8. The summed E-state index contributed by atoms with van der Waals surface area (Å²) in [5.41, 5.74) is 1.77. The summed E-state index contributed by atoms with van der Waals surface area (Å²) in [6, 6.07) is 13.1. The molecule has 152 valence electrons. The minimum atomic E-state index is -0.827. The molecule has 4 rings (SSSR count). The van der Waals surface area contributed by atoms with Gasteiger partial charge in [0.2, 0.25) is 0 Å². The molecule has 0 aliphatic heterocycles. The van der Waals surface area contributed by atoms with Crippen molar-refractivity contribution in [3.8, 4) is 11.5 Å². The number of aromatic nitrogens is 2. The summed E-state index contributed by atoms with van der Waals surface area (Å²) in [6.07, 6.45) is 3.74. The van der Waals surface area contributed by atoms with Crippen LogP contribution in [-0.4, -0.2) is 22.4 Å². The van der Waals surface area contributed by atoms with Crippen molar-refractivity contribution in [2.75, 3.05) is 12.4 Å². The Morgan fingerprint density at radius 1 is 1.07 bits per heavy atom. The van der Waals surface area contributed by atoms with Gasteiger partial charge in [0.1, 0.15) is 23.9 Å². The first-order chi connectivity index (χ1) is 14.5. The number of imidazole rings is 1. The maximum atomic E-state index is 13.4. The van der Waals surface area contributed by atoms with Crippen LogP contribution in [0.2, 0.25) is 0 Å². The average Bonchev–Trinajstić information content (AvgIpc) is 3.14. The van der Waals surface area contributed by atoms with Crippen molar-refractivity contribution in [3.63, 3.8) is 0 Å². The number of fused-ring (bicyclic) bond motifs is 1. The van der Waals surface area contributed by atoms with E-state index in [0.717, 1.165) is 17.8 Å². The summed E-state index contributed by atoms with van der Waals surface area (Å²) in [5, 5.41) is 2.60. The summed E-state index contributed by atoms with van der Waals surface area (Å²) >= 11 is 0. The van der Waals surface area contributed by atoms with E-state index in [-0.39, 0.29) is 12.2 Å². The van der Waals surface area contributed by atoms with E-state index < -0.39 is 17.5 Å². The second-order valence-corrected chi connectivity index (χ2v) is 6.46. The Morgan fingerprint density at radius 2 is 1.87 bits per heavy atom. The first-order valence-electron chi connectivity index (χ1n) is 9.03. The fourth-order valence-electron chi connectivity index (χ4n) is 2.96. The van der Waals surface area contributed by atoms with E-state index in [1.807, 2.05) is 35.0 Å². The number of methoxy groups -OCH3 is 1. The van der Waals surface area contributed by atoms with Gasteiger partial charge in [-0.05, 0) is 36.4 Å². The molecule has 0 aliphatic carbocycles. The molecule has 6 nitrogen and oxygen atoms in total. The van der Waals surface area contributed by atoms with Crippen LogP contribution >= 0.6 is 0 Å². The van der Waals surface area contributed by atoms with Crippen molar-refractivity contribution in [3.05, 3.63) is 89.9 Å². The van der Waals surface area contributed by atoms with Gasteiger partial charge in [0.05, 0.1) is 12.8 Å². The molecule has 2 heterocycles. The zero-order valence-electron chi connectivity index (χ0n) is 15.9. The number of ether oxygens (including phenoxy) is 2. The molecule has 0 saturated carbocycles. The van der Waals surface area contributed by atoms with Gasteiger partial charge in [0, 0.05) is 35.8 Å². The van der Waals surface area contributed by atoms with Crippen LogP contribution in [0, 0.1) is 11.6 Å². The Labute approximate surface area is 170 Å². The molecule has 1 amide bonds. The topological polar surface area (TPSA) is 64.9 Å². The van der Waals surface area contributed by atoms with Crippen LogP contribution in [0.15, 0.2) is 67.0 Å². The Kier molecular flexibility index (Phi) is 5.30. The molecule has 30 heavy (non-hydrogen) atoms. The molecular formula is C22H17F2N3O3. The van der Waals surface area contributed by atoms with Crippen molar-refractivity contribution in [2.45, 2.75) is 6.61 Å². The van der Waals surface area contributed by atoms with Gasteiger partial charge in [-0.3, -0.25) is 4.79 Å². The molecule has 0 aliphatic rings. The van der Waals surface area contributed by atoms with Crippen LogP contribution in [0.1, 0.15) is 16.1 Å². The summed E-state index contributed by atoms with van der Waals surface area (Å²) in [7, 11) is 1.50. The molecule has 0 atom stereocenters. The molecule has 0 fully saturated rings. The predicted octanol–water partition coefficient (Wildman–Crippen LogP) is 4.45. The standard InChI is InChI=1S/C22H17F2N3O3/c1-29-19-6-5-17(26-22(28)14-8-15(23)10-16(24)9-14)11-20(19)30-13-18-12-27-7-3-2-4-21(27)25-18/h2-12H,13H2,1H3,(H,26,28). The lowest BCUT2D eigenvalue weighted by Gasteiger charge is -2.12. The van der Waals surface area contributed by atoms with Crippen molar-refractivity contribution in [2.24, 2.45) is 0 Å². The van der Waals surface area contributed by atoms with Crippen molar-refractivity contribution in [1.82, 2.24) is 9.38 Å². The smallest absolute Gasteiger partial charge is 0.255 e. The van der Waals surface area contributed by atoms with E-state index in [9.17, 15) is 13.6 Å². The SMILES string of the molecule is COc1ccc(NC(=O)c2cc(F)cc(F)c2)cc1OCc1cn2ccccc2n1. The van der Waals surface area contributed by atoms with Gasteiger partial charge in [-0.1, -0.05) is 6.07 Å². The maximum Gasteiger partial charge on any atom is 0.255 e. The normalized spacial score (nSPS) is 10.8. The van der Waals surface area contributed by atoms with Crippen molar-refractivity contribution >= 4 is 17.2 Å². The molecule has 8 heteroatoms. The number of carbonyl (C=O) groups excluding carboxylic acids is 1. The van der Waals surface area contributed by atoms with Gasteiger partial charge in [0.15, 0.2) is 11.5 Å². The summed E-state index contributed by atoms with van der Waals surface area (Å²) in [5.74, 6) is -1.45. The number of nitrogens with one attached hydrogen (secondary N) is 1. The summed E-state index contributed by atoms with van der Waals surface area (Å²) in [6.45, 7) is 0.185. The third-order valence-electron chi connectivity index (χ3n) is 4.34. The molecule has 1 N–H and O–H groups in total. The Bertz CT molecular complexity index is 1170. The lowest BCUT2D eigenvalue weighted by Crippen LogP contribution is -2.12. The number of benzene rings is 2. The van der Waals surface area contributed by atoms with Gasteiger partial charge in [-0.25, -0.2) is 13.8 Å². The average molecular weight is 409 g/mol. The second-order valence-electron chi connectivity index (χ2n) is 6.46. The van der Waals surface area contributed by atoms with Gasteiger partial charge in [-0.2, -0.15) is 0 Å². The number of anilines is 1. The highest BCUT2D eigenvalue weighted by atomic mass is 19.1. The van der Waals surface area contributed by atoms with E-state index >= 15 is 0 Å². The largest absolute Gasteiger partial charge is 0.493 e. The quantitative estimate of drug-likeness (QED) is 0.511. The third kappa shape index (κ3) is 4.22. The van der Waals surface area contributed by atoms with E-state index in [4.69, 9.17) is 9.47 Å². The molecule has 0 spiro atoms. The third-order valence-corrected chi connectivity index (χ3v) is 4.34. The van der Waals surface area contributed by atoms with E-state index in [0.29, 0.717) is 28.9 Å². The molecule has 0 bridgehead atoms. The molecule has 2 aromatic carbocycles. The fraction of sp³-hybridized carbons (Fsp3) is 0.0909. The number of carbonyl (C=O) groups is 1. The number of pyridine rings is 1. The summed E-state index contributed by atoms with van der Waals surface area (Å²) in [4.78, 5) is 16.8. The second kappa shape index (κ2) is 8.20. The maximum absolute atomic E-state index is 13.4. The lowest BCUT2D eigenvalue weighted by molar-refractivity contribution is 0.102. The minimum absolute atomic E-state index is 0.129. The van der Waals surface area contributed by atoms with E-state index in [1.54, 1.807) is 18.2 Å². The molecule has 0 unspecified atom stereocenters. The molecule has 4 aromatic rings. The monoisotopic (exact) mass is 409 g/mol. The number of rotatable bonds is 6. The first-order valence-corrected chi connectivity index (χ1v) is 9.03. The van der Waals surface area contributed by atoms with Crippen LogP contribution in [-0.2, 0) is 6.61 Å². The lowest BCUT2D eigenvalue weighted by atomic mass is 10.2. The van der Waals surface area contributed by atoms with Crippen molar-refractivity contribution in [1.29, 1.82) is 0 Å². The predicted molar refractivity (Wildman–Crippen MR) is 107 cm³/mol. The highest BCUT2D eigenvalue weighted by molar-refractivity contribution is 6.04. The number of nitrogens with zero attached hydrogens (tertiary/aromatic N) is 2. The molecule has 2 aromatic heterocycles. The molecule has 0 radical (unpaired) electrons. The number of hydrogen-bond donors (Lipinski definition) is 1. The number of amides is 1. The number of hydrogen-bond acceptors (Lipinski definition) is 4. The highest BCUT2D eigenvalue weighted by Gasteiger charge is 2.13. The van der Waals surface area contributed by atoms with Gasteiger partial charge < -0.3 is 19.2 Å². The van der Waals surface area contributed by atoms with Crippen LogP contribution in [0.5, 0.6) is 11.5 Å². The Morgan fingerprint density at radius 3 is 2.60 bits per heavy atom. The van der Waals surface area contributed by atoms with Gasteiger partial charge in [0.25, 0.3) is 5.91 Å². The van der Waals surface area contributed by atoms with Crippen LogP contribution in [0.4, 0.5) is 14.5 Å². The van der Waals surface area contributed by atoms with Gasteiger partial charge in [-0.15, -0.1) is 0 Å². The van der Waals surface area contributed by atoms with Crippen LogP contribution in [0.3, 0.4) is 0 Å². The van der Waals surface area contributed by atoms with Crippen LogP contribution < -0.4 is 14.8 Å². The Hall–Kier alpha value is -3.94. The van der Waals surface area contributed by atoms with Gasteiger partial charge >= 0.3 is 0 Å². The molecule has 0 saturated heterocycles. The molecular weight excluding hydrogens is 392 g/mol. The fourth-order valence-corrected chi connectivity index (χ4v) is 2.96. The van der Waals surface area contributed by atoms with E-state index in [2.05, 4.69) is 10.3 Å². The number of halogens is 2. The zero-order valence-corrected chi connectivity index (χ0v) is 15.9. The zero-order chi connectivity index (χ0) is 21.1.